The summed E-state index contributed by atoms with van der Waals surface area (Å²) >= 11 is 0. The molecular formula is C29H33NO4. The van der Waals surface area contributed by atoms with Crippen LogP contribution in [0.25, 0.3) is 0 Å². The fourth-order valence-corrected chi connectivity index (χ4v) is 4.37. The zero-order valence-electron chi connectivity index (χ0n) is 20.2. The Kier molecular flexibility index (Phi) is 7.57. The summed E-state index contributed by atoms with van der Waals surface area (Å²) < 4.78 is 5.86. The van der Waals surface area contributed by atoms with E-state index in [4.69, 9.17) is 15.6 Å². The highest BCUT2D eigenvalue weighted by Gasteiger charge is 2.36. The van der Waals surface area contributed by atoms with Gasteiger partial charge in [0.15, 0.2) is 0 Å². The van der Waals surface area contributed by atoms with Gasteiger partial charge in [0.2, 0.25) is 0 Å². The van der Waals surface area contributed by atoms with E-state index in [1.54, 1.807) is 6.07 Å². The van der Waals surface area contributed by atoms with Crippen LogP contribution in [0.4, 0.5) is 0 Å². The predicted molar refractivity (Wildman–Crippen MR) is 134 cm³/mol. The van der Waals surface area contributed by atoms with Crippen LogP contribution in [0.15, 0.2) is 78.9 Å². The molecule has 0 aromatic heterocycles. The van der Waals surface area contributed by atoms with E-state index in [9.17, 15) is 9.59 Å². The van der Waals surface area contributed by atoms with Gasteiger partial charge in [0.05, 0.1) is 0 Å². The predicted octanol–water partition coefficient (Wildman–Crippen LogP) is 5.44. The Labute approximate surface area is 201 Å². The lowest BCUT2D eigenvalue weighted by atomic mass is 9.68. The van der Waals surface area contributed by atoms with Crippen LogP contribution in [0.3, 0.4) is 0 Å². The van der Waals surface area contributed by atoms with E-state index in [0.717, 1.165) is 22.3 Å². The van der Waals surface area contributed by atoms with E-state index in [2.05, 4.69) is 58.0 Å². The smallest absolute Gasteiger partial charge is 0.328 e. The molecule has 0 radical (unpaired) electrons. The molecule has 1 atom stereocenters. The standard InChI is InChI=1S/C29H33NO4/c1-28(2,20-12-7-5-8-13-20)22-16-11-17-24(34-27(33)23(30)18-19-25(31)32)26(22)29(3,4)21-14-9-6-10-15-21/h5-17,23H,18-19,30H2,1-4H3,(H,31,32)/t23-/m0/s1. The topological polar surface area (TPSA) is 89.6 Å². The summed E-state index contributed by atoms with van der Waals surface area (Å²) in [7, 11) is 0. The number of esters is 1. The van der Waals surface area contributed by atoms with E-state index in [1.807, 2.05) is 42.5 Å². The van der Waals surface area contributed by atoms with Crippen molar-refractivity contribution in [3.63, 3.8) is 0 Å². The van der Waals surface area contributed by atoms with E-state index >= 15 is 0 Å². The number of aliphatic carboxylic acids is 1. The number of carbonyl (C=O) groups is 2. The van der Waals surface area contributed by atoms with Crippen molar-refractivity contribution in [3.05, 3.63) is 101 Å². The maximum Gasteiger partial charge on any atom is 0.328 e. The third-order valence-electron chi connectivity index (χ3n) is 6.50. The minimum atomic E-state index is -1.02. The van der Waals surface area contributed by atoms with Gasteiger partial charge in [0.1, 0.15) is 11.8 Å². The van der Waals surface area contributed by atoms with Crippen molar-refractivity contribution < 1.29 is 19.4 Å². The number of nitrogens with two attached hydrogens (primary N) is 1. The quantitative estimate of drug-likeness (QED) is 0.329. The maximum atomic E-state index is 12.8. The Morgan fingerprint density at radius 2 is 1.35 bits per heavy atom. The van der Waals surface area contributed by atoms with Crippen molar-refractivity contribution >= 4 is 11.9 Å². The fourth-order valence-electron chi connectivity index (χ4n) is 4.37. The molecule has 34 heavy (non-hydrogen) atoms. The summed E-state index contributed by atoms with van der Waals surface area (Å²) in [6, 6.07) is 25.0. The van der Waals surface area contributed by atoms with Crippen LogP contribution in [-0.2, 0) is 20.4 Å². The molecule has 5 heteroatoms. The Hall–Kier alpha value is -3.44. The van der Waals surface area contributed by atoms with Crippen molar-refractivity contribution in [1.82, 2.24) is 0 Å². The Morgan fingerprint density at radius 1 is 0.824 bits per heavy atom. The van der Waals surface area contributed by atoms with Gasteiger partial charge in [0, 0.05) is 22.8 Å². The molecule has 0 aliphatic rings. The summed E-state index contributed by atoms with van der Waals surface area (Å²) in [5.41, 5.74) is 9.25. The van der Waals surface area contributed by atoms with E-state index in [0.29, 0.717) is 5.75 Å². The van der Waals surface area contributed by atoms with Crippen LogP contribution in [0.5, 0.6) is 5.75 Å². The minimum absolute atomic E-state index is 0.0147. The molecule has 0 aliphatic carbocycles. The first-order valence-electron chi connectivity index (χ1n) is 11.5. The minimum Gasteiger partial charge on any atom is -0.481 e. The second kappa shape index (κ2) is 10.2. The lowest BCUT2D eigenvalue weighted by Gasteiger charge is -2.36. The Balaban J connectivity index is 2.14. The maximum absolute atomic E-state index is 12.8. The molecular weight excluding hydrogens is 426 g/mol. The van der Waals surface area contributed by atoms with Crippen LogP contribution in [-0.4, -0.2) is 23.1 Å². The van der Waals surface area contributed by atoms with Gasteiger partial charge in [-0.2, -0.15) is 0 Å². The van der Waals surface area contributed by atoms with Gasteiger partial charge in [-0.05, 0) is 29.2 Å². The number of benzene rings is 3. The summed E-state index contributed by atoms with van der Waals surface area (Å²) in [5.74, 6) is -1.20. The molecule has 178 valence electrons. The highest BCUT2D eigenvalue weighted by Crippen LogP contribution is 2.45. The number of carboxylic acids is 1. The molecule has 0 spiro atoms. The average molecular weight is 460 g/mol. The molecule has 0 heterocycles. The lowest BCUT2D eigenvalue weighted by molar-refractivity contribution is -0.138. The number of carbonyl (C=O) groups excluding carboxylic acids is 1. The number of carboxylic acid groups (broad SMARTS) is 1. The first kappa shape index (κ1) is 25.2. The molecule has 3 aromatic carbocycles. The number of rotatable bonds is 9. The first-order valence-corrected chi connectivity index (χ1v) is 11.5. The van der Waals surface area contributed by atoms with Gasteiger partial charge in [-0.1, -0.05) is 100 Å². The van der Waals surface area contributed by atoms with Crippen LogP contribution in [0.1, 0.15) is 62.8 Å². The van der Waals surface area contributed by atoms with Crippen molar-refractivity contribution in [3.8, 4) is 5.75 Å². The normalized spacial score (nSPS) is 12.7. The molecule has 0 unspecified atom stereocenters. The fraction of sp³-hybridized carbons (Fsp3) is 0.310. The second-order valence-corrected chi connectivity index (χ2v) is 9.62. The Morgan fingerprint density at radius 3 is 1.88 bits per heavy atom. The monoisotopic (exact) mass is 459 g/mol. The molecule has 0 fully saturated rings. The van der Waals surface area contributed by atoms with Gasteiger partial charge < -0.3 is 15.6 Å². The first-order chi connectivity index (χ1) is 16.0. The van der Waals surface area contributed by atoms with Gasteiger partial charge in [-0.3, -0.25) is 4.79 Å². The van der Waals surface area contributed by atoms with Crippen molar-refractivity contribution in [2.75, 3.05) is 0 Å². The molecule has 0 aliphatic heterocycles. The van der Waals surface area contributed by atoms with Crippen LogP contribution in [0.2, 0.25) is 0 Å². The zero-order valence-corrected chi connectivity index (χ0v) is 20.2. The average Bonchev–Trinajstić information content (AvgIpc) is 2.83. The highest BCUT2D eigenvalue weighted by atomic mass is 16.5. The van der Waals surface area contributed by atoms with Crippen molar-refractivity contribution in [1.29, 1.82) is 0 Å². The van der Waals surface area contributed by atoms with Gasteiger partial charge >= 0.3 is 11.9 Å². The number of hydrogen-bond donors (Lipinski definition) is 2. The third-order valence-corrected chi connectivity index (χ3v) is 6.50. The summed E-state index contributed by atoms with van der Waals surface area (Å²) in [5, 5.41) is 8.94. The van der Waals surface area contributed by atoms with E-state index in [1.165, 1.54) is 0 Å². The summed E-state index contributed by atoms with van der Waals surface area (Å²) in [4.78, 5) is 23.7. The number of hydrogen-bond acceptors (Lipinski definition) is 4. The SMILES string of the molecule is CC(C)(c1ccccc1)c1cccc(OC(=O)[C@@H](N)CCC(=O)O)c1C(C)(C)c1ccccc1. The summed E-state index contributed by atoms with van der Waals surface area (Å²) in [6.07, 6.45) is -0.180. The van der Waals surface area contributed by atoms with Crippen LogP contribution < -0.4 is 10.5 Å². The molecule has 0 saturated heterocycles. The van der Waals surface area contributed by atoms with E-state index < -0.39 is 23.4 Å². The van der Waals surface area contributed by atoms with Crippen molar-refractivity contribution in [2.45, 2.75) is 57.4 Å². The molecule has 0 amide bonds. The zero-order chi connectivity index (χ0) is 24.9. The lowest BCUT2D eigenvalue weighted by Crippen LogP contribution is -2.36. The molecule has 3 aromatic rings. The van der Waals surface area contributed by atoms with Gasteiger partial charge in [-0.25, -0.2) is 4.79 Å². The molecule has 3 N–H and O–H groups in total. The van der Waals surface area contributed by atoms with Crippen molar-refractivity contribution in [2.24, 2.45) is 5.73 Å². The van der Waals surface area contributed by atoms with Gasteiger partial charge in [0.25, 0.3) is 0 Å². The van der Waals surface area contributed by atoms with Crippen LogP contribution in [0, 0.1) is 0 Å². The molecule has 0 bridgehead atoms. The third kappa shape index (κ3) is 5.37. The molecule has 0 saturated carbocycles. The van der Waals surface area contributed by atoms with Crippen LogP contribution >= 0.6 is 0 Å². The molecule has 3 rings (SSSR count). The van der Waals surface area contributed by atoms with Gasteiger partial charge in [-0.15, -0.1) is 0 Å². The molecule has 5 nitrogen and oxygen atoms in total. The number of ether oxygens (including phenoxy) is 1. The largest absolute Gasteiger partial charge is 0.481 e. The van der Waals surface area contributed by atoms with E-state index in [-0.39, 0.29) is 18.3 Å². The Bertz CT molecular complexity index is 1140. The second-order valence-electron chi connectivity index (χ2n) is 9.62. The highest BCUT2D eigenvalue weighted by molar-refractivity contribution is 5.79. The summed E-state index contributed by atoms with van der Waals surface area (Å²) in [6.45, 7) is 8.55.